The van der Waals surface area contributed by atoms with Crippen molar-refractivity contribution in [2.24, 2.45) is 5.92 Å². The van der Waals surface area contributed by atoms with Crippen LogP contribution in [0.5, 0.6) is 0 Å². The first-order valence-electron chi connectivity index (χ1n) is 7.51. The molecule has 0 aliphatic heterocycles. The second-order valence-corrected chi connectivity index (χ2v) is 6.35. The minimum Gasteiger partial charge on any atom is -0.383 e. The van der Waals surface area contributed by atoms with Crippen molar-refractivity contribution in [1.29, 1.82) is 0 Å². The quantitative estimate of drug-likeness (QED) is 0.796. The Balaban J connectivity index is 1.93. The number of amides is 1. The van der Waals surface area contributed by atoms with E-state index in [4.69, 9.17) is 0 Å². The van der Waals surface area contributed by atoms with E-state index >= 15 is 0 Å². The average Bonchev–Trinajstić information content (AvgIpc) is 3.23. The van der Waals surface area contributed by atoms with E-state index in [-0.39, 0.29) is 23.6 Å². The van der Waals surface area contributed by atoms with E-state index in [2.05, 4.69) is 15.7 Å². The Bertz CT molecular complexity index is 561. The van der Waals surface area contributed by atoms with Gasteiger partial charge in [0.05, 0.1) is 11.9 Å². The molecule has 1 aliphatic rings. The minimum atomic E-state index is -0.271. The fraction of sp³-hybridized carbons (Fsp3) is 0.667. The summed E-state index contributed by atoms with van der Waals surface area (Å²) < 4.78 is 1.18. The van der Waals surface area contributed by atoms with Gasteiger partial charge in [-0.15, -0.1) is 0 Å². The highest BCUT2D eigenvalue weighted by Crippen LogP contribution is 2.28. The molecule has 1 aliphatic carbocycles. The fourth-order valence-electron chi connectivity index (χ4n) is 1.87. The van der Waals surface area contributed by atoms with Gasteiger partial charge < -0.3 is 10.6 Å². The molecule has 2 rings (SSSR count). The van der Waals surface area contributed by atoms with E-state index < -0.39 is 0 Å². The highest BCUT2D eigenvalue weighted by atomic mass is 16.2. The van der Waals surface area contributed by atoms with Crippen molar-refractivity contribution in [2.45, 2.75) is 52.1 Å². The number of rotatable bonds is 7. The molecule has 1 fully saturated rings. The van der Waals surface area contributed by atoms with Crippen molar-refractivity contribution in [1.82, 2.24) is 15.1 Å². The Morgan fingerprint density at radius 3 is 2.76 bits per heavy atom. The van der Waals surface area contributed by atoms with Gasteiger partial charge in [-0.3, -0.25) is 9.59 Å². The third-order valence-electron chi connectivity index (χ3n) is 3.82. The van der Waals surface area contributed by atoms with E-state index in [1.807, 2.05) is 20.8 Å². The van der Waals surface area contributed by atoms with Gasteiger partial charge in [-0.2, -0.15) is 5.10 Å². The highest BCUT2D eigenvalue weighted by molar-refractivity contribution is 5.76. The molecule has 116 valence electrons. The van der Waals surface area contributed by atoms with Crippen LogP contribution in [0.3, 0.4) is 0 Å². The fourth-order valence-corrected chi connectivity index (χ4v) is 1.87. The van der Waals surface area contributed by atoms with Gasteiger partial charge in [0, 0.05) is 18.2 Å². The van der Waals surface area contributed by atoms with Crippen LogP contribution in [0, 0.1) is 5.92 Å². The highest BCUT2D eigenvalue weighted by Gasteiger charge is 2.21. The number of carbonyl (C=O) groups excluding carboxylic acids is 1. The summed E-state index contributed by atoms with van der Waals surface area (Å²) in [6, 6.07) is 1.49. The van der Waals surface area contributed by atoms with Crippen LogP contribution in [0.2, 0.25) is 0 Å². The molecule has 0 unspecified atom stereocenters. The minimum absolute atomic E-state index is 0.0504. The van der Waals surface area contributed by atoms with Crippen LogP contribution < -0.4 is 16.2 Å². The first kappa shape index (κ1) is 15.5. The SMILES string of the molecule is CCC(C)(C)NC(=O)Cn1ncc(NCC2CC2)cc1=O. The summed E-state index contributed by atoms with van der Waals surface area (Å²) in [5.41, 5.74) is 0.185. The second kappa shape index (κ2) is 6.28. The molecule has 1 heterocycles. The van der Waals surface area contributed by atoms with Crippen LogP contribution in [0.1, 0.15) is 40.0 Å². The molecule has 1 saturated carbocycles. The lowest BCUT2D eigenvalue weighted by atomic mass is 10.0. The number of hydrogen-bond acceptors (Lipinski definition) is 4. The number of nitrogens with one attached hydrogen (secondary N) is 2. The maximum absolute atomic E-state index is 12.0. The molecule has 0 aromatic carbocycles. The largest absolute Gasteiger partial charge is 0.383 e. The predicted octanol–water partition coefficient (Wildman–Crippen LogP) is 1.37. The van der Waals surface area contributed by atoms with Gasteiger partial charge >= 0.3 is 0 Å². The van der Waals surface area contributed by atoms with E-state index in [9.17, 15) is 9.59 Å². The molecule has 21 heavy (non-hydrogen) atoms. The van der Waals surface area contributed by atoms with Gasteiger partial charge in [-0.05, 0) is 39.0 Å². The average molecular weight is 292 g/mol. The summed E-state index contributed by atoms with van der Waals surface area (Å²) in [4.78, 5) is 23.9. The van der Waals surface area contributed by atoms with Crippen molar-refractivity contribution in [2.75, 3.05) is 11.9 Å². The molecule has 1 aromatic heterocycles. The molecule has 0 saturated heterocycles. The number of nitrogens with zero attached hydrogens (tertiary/aromatic N) is 2. The molecule has 6 heteroatoms. The van der Waals surface area contributed by atoms with Crippen molar-refractivity contribution in [3.05, 3.63) is 22.6 Å². The van der Waals surface area contributed by atoms with E-state index in [1.165, 1.54) is 23.6 Å². The maximum Gasteiger partial charge on any atom is 0.269 e. The summed E-state index contributed by atoms with van der Waals surface area (Å²) >= 11 is 0. The summed E-state index contributed by atoms with van der Waals surface area (Å²) in [6.07, 6.45) is 4.93. The number of carbonyl (C=O) groups is 1. The third kappa shape index (κ3) is 4.88. The second-order valence-electron chi connectivity index (χ2n) is 6.35. The van der Waals surface area contributed by atoms with Crippen LogP contribution >= 0.6 is 0 Å². The molecule has 0 spiro atoms. The van der Waals surface area contributed by atoms with Crippen LogP contribution in [0.25, 0.3) is 0 Å². The van der Waals surface area contributed by atoms with Crippen molar-refractivity contribution >= 4 is 11.6 Å². The van der Waals surface area contributed by atoms with Crippen molar-refractivity contribution in [3.63, 3.8) is 0 Å². The van der Waals surface area contributed by atoms with Gasteiger partial charge in [-0.1, -0.05) is 6.92 Å². The lowest BCUT2D eigenvalue weighted by Crippen LogP contribution is -2.45. The molecule has 0 atom stereocenters. The monoisotopic (exact) mass is 292 g/mol. The van der Waals surface area contributed by atoms with Gasteiger partial charge in [0.2, 0.25) is 5.91 Å². The number of anilines is 1. The van der Waals surface area contributed by atoms with E-state index in [0.29, 0.717) is 0 Å². The van der Waals surface area contributed by atoms with Crippen LogP contribution in [-0.4, -0.2) is 27.8 Å². The first-order chi connectivity index (χ1) is 9.89. The molecule has 1 aromatic rings. The smallest absolute Gasteiger partial charge is 0.269 e. The van der Waals surface area contributed by atoms with Gasteiger partial charge in [-0.25, -0.2) is 4.68 Å². The standard InChI is InChI=1S/C15H24N4O2/c1-4-15(2,3)18-13(20)10-19-14(21)7-12(9-17-19)16-8-11-5-6-11/h7,9,11,16H,4-6,8,10H2,1-3H3,(H,18,20). The van der Waals surface area contributed by atoms with Crippen LogP contribution in [0.15, 0.2) is 17.1 Å². The van der Waals surface area contributed by atoms with Crippen molar-refractivity contribution < 1.29 is 4.79 Å². The lowest BCUT2D eigenvalue weighted by Gasteiger charge is -2.24. The lowest BCUT2D eigenvalue weighted by molar-refractivity contribution is -0.123. The molecule has 0 radical (unpaired) electrons. The maximum atomic E-state index is 12.0. The molecule has 0 bridgehead atoms. The Morgan fingerprint density at radius 2 is 2.19 bits per heavy atom. The van der Waals surface area contributed by atoms with Crippen molar-refractivity contribution in [3.8, 4) is 0 Å². The summed E-state index contributed by atoms with van der Waals surface area (Å²) in [5, 5.41) is 10.1. The number of aromatic nitrogens is 2. The molecular formula is C15H24N4O2. The molecule has 2 N–H and O–H groups in total. The van der Waals surface area contributed by atoms with Crippen LogP contribution in [-0.2, 0) is 11.3 Å². The summed E-state index contributed by atoms with van der Waals surface area (Å²) in [5.74, 6) is 0.532. The molecule has 6 nitrogen and oxygen atoms in total. The summed E-state index contributed by atoms with van der Waals surface area (Å²) in [6.45, 7) is 6.74. The zero-order valence-corrected chi connectivity index (χ0v) is 13.0. The third-order valence-corrected chi connectivity index (χ3v) is 3.82. The Hall–Kier alpha value is -1.85. The number of hydrogen-bond donors (Lipinski definition) is 2. The Kier molecular flexibility index (Phi) is 4.65. The zero-order chi connectivity index (χ0) is 15.5. The zero-order valence-electron chi connectivity index (χ0n) is 13.0. The Morgan fingerprint density at radius 1 is 1.48 bits per heavy atom. The Labute approximate surface area is 124 Å². The normalized spacial score (nSPS) is 14.8. The first-order valence-corrected chi connectivity index (χ1v) is 7.51. The topological polar surface area (TPSA) is 76.0 Å². The van der Waals surface area contributed by atoms with E-state index in [1.54, 1.807) is 6.20 Å². The van der Waals surface area contributed by atoms with Gasteiger partial charge in [0.15, 0.2) is 0 Å². The van der Waals surface area contributed by atoms with Gasteiger partial charge in [0.1, 0.15) is 6.54 Å². The van der Waals surface area contributed by atoms with Gasteiger partial charge in [0.25, 0.3) is 5.56 Å². The summed E-state index contributed by atoms with van der Waals surface area (Å²) in [7, 11) is 0. The molecule has 1 amide bonds. The van der Waals surface area contributed by atoms with Crippen LogP contribution in [0.4, 0.5) is 5.69 Å². The van der Waals surface area contributed by atoms with E-state index in [0.717, 1.165) is 24.6 Å². The molecular weight excluding hydrogens is 268 g/mol. The predicted molar refractivity (Wildman–Crippen MR) is 82.2 cm³/mol.